The van der Waals surface area contributed by atoms with Crippen LogP contribution in [0.15, 0.2) is 36.4 Å². The number of esters is 1. The summed E-state index contributed by atoms with van der Waals surface area (Å²) in [5.74, 6) is -1.30. The predicted octanol–water partition coefficient (Wildman–Crippen LogP) is 3.07. The zero-order valence-corrected chi connectivity index (χ0v) is 15.6. The molecule has 0 atom stereocenters. The third kappa shape index (κ3) is 4.81. The number of nitro groups is 1. The summed E-state index contributed by atoms with van der Waals surface area (Å²) in [5, 5.41) is 13.7. The summed E-state index contributed by atoms with van der Waals surface area (Å²) in [5.41, 5.74) is 2.84. The van der Waals surface area contributed by atoms with E-state index in [2.05, 4.69) is 5.32 Å². The smallest absolute Gasteiger partial charge is 0.341 e. The van der Waals surface area contributed by atoms with Crippen LogP contribution in [-0.2, 0) is 9.53 Å². The monoisotopic (exact) mass is 371 g/mol. The van der Waals surface area contributed by atoms with Gasteiger partial charge >= 0.3 is 5.97 Å². The number of aryl methyl sites for hydroxylation is 1. The second-order valence-electron chi connectivity index (χ2n) is 6.22. The minimum atomic E-state index is -0.807. The minimum Gasteiger partial charge on any atom is -0.452 e. The Bertz CT molecular complexity index is 893. The molecule has 27 heavy (non-hydrogen) atoms. The lowest BCUT2D eigenvalue weighted by Gasteiger charge is -2.16. The lowest BCUT2D eigenvalue weighted by molar-refractivity contribution is -0.384. The molecule has 2 aromatic carbocycles. The number of rotatable bonds is 6. The first-order valence-corrected chi connectivity index (χ1v) is 8.19. The zero-order chi connectivity index (χ0) is 20.1. The fraction of sp³-hybridized carbons (Fsp3) is 0.263. The highest BCUT2D eigenvalue weighted by atomic mass is 16.6. The van der Waals surface area contributed by atoms with Crippen LogP contribution in [0.2, 0.25) is 0 Å². The summed E-state index contributed by atoms with van der Waals surface area (Å²) in [7, 11) is 3.40. The lowest BCUT2D eigenvalue weighted by Crippen LogP contribution is -2.22. The molecule has 0 bridgehead atoms. The SMILES string of the molecule is Cc1cccc(NC(=O)COC(=O)c2cc([N+](=O)[O-])ccc2N(C)C)c1C. The maximum absolute atomic E-state index is 12.4. The van der Waals surface area contributed by atoms with Crippen LogP contribution in [0.1, 0.15) is 21.5 Å². The van der Waals surface area contributed by atoms with Crippen molar-refractivity contribution in [3.8, 4) is 0 Å². The van der Waals surface area contributed by atoms with Crippen molar-refractivity contribution in [1.29, 1.82) is 0 Å². The van der Waals surface area contributed by atoms with Crippen LogP contribution >= 0.6 is 0 Å². The van der Waals surface area contributed by atoms with Crippen molar-refractivity contribution in [1.82, 2.24) is 0 Å². The Morgan fingerprint density at radius 1 is 1.19 bits per heavy atom. The van der Waals surface area contributed by atoms with Crippen molar-refractivity contribution < 1.29 is 19.2 Å². The lowest BCUT2D eigenvalue weighted by atomic mass is 10.1. The minimum absolute atomic E-state index is 0.0220. The van der Waals surface area contributed by atoms with E-state index in [1.54, 1.807) is 25.1 Å². The number of hydrogen-bond acceptors (Lipinski definition) is 6. The molecule has 0 aliphatic carbocycles. The third-order valence-corrected chi connectivity index (χ3v) is 4.11. The number of anilines is 2. The van der Waals surface area contributed by atoms with Gasteiger partial charge in [-0.15, -0.1) is 0 Å². The summed E-state index contributed by atoms with van der Waals surface area (Å²) >= 11 is 0. The first-order valence-electron chi connectivity index (χ1n) is 8.19. The van der Waals surface area contributed by atoms with Gasteiger partial charge in [-0.3, -0.25) is 14.9 Å². The number of hydrogen-bond donors (Lipinski definition) is 1. The van der Waals surface area contributed by atoms with Crippen molar-refractivity contribution in [3.05, 3.63) is 63.2 Å². The molecule has 142 valence electrons. The molecule has 0 heterocycles. The van der Waals surface area contributed by atoms with E-state index in [1.165, 1.54) is 12.1 Å². The maximum Gasteiger partial charge on any atom is 0.341 e. The fourth-order valence-electron chi connectivity index (χ4n) is 2.47. The summed E-state index contributed by atoms with van der Waals surface area (Å²) in [4.78, 5) is 36.5. The Morgan fingerprint density at radius 3 is 2.52 bits per heavy atom. The molecule has 0 spiro atoms. The first-order chi connectivity index (χ1) is 12.7. The number of carbonyl (C=O) groups excluding carboxylic acids is 2. The molecule has 0 saturated carbocycles. The van der Waals surface area contributed by atoms with Crippen molar-refractivity contribution in [2.24, 2.45) is 0 Å². The molecule has 1 N–H and O–H groups in total. The van der Waals surface area contributed by atoms with Gasteiger partial charge in [0.2, 0.25) is 0 Å². The molecular formula is C19H21N3O5. The Kier molecular flexibility index (Phi) is 6.12. The summed E-state index contributed by atoms with van der Waals surface area (Å²) in [6.45, 7) is 3.31. The number of nitrogens with one attached hydrogen (secondary N) is 1. The van der Waals surface area contributed by atoms with Crippen LogP contribution in [0, 0.1) is 24.0 Å². The fourth-order valence-corrected chi connectivity index (χ4v) is 2.47. The van der Waals surface area contributed by atoms with Crippen molar-refractivity contribution >= 4 is 28.9 Å². The number of nitro benzene ring substituents is 1. The number of ether oxygens (including phenoxy) is 1. The van der Waals surface area contributed by atoms with Gasteiger partial charge in [0.05, 0.1) is 16.2 Å². The van der Waals surface area contributed by atoms with Crippen molar-refractivity contribution in [2.75, 3.05) is 30.9 Å². The molecule has 8 heteroatoms. The molecule has 0 unspecified atom stereocenters. The zero-order valence-electron chi connectivity index (χ0n) is 15.6. The van der Waals surface area contributed by atoms with Crippen LogP contribution in [0.5, 0.6) is 0 Å². The third-order valence-electron chi connectivity index (χ3n) is 4.11. The van der Waals surface area contributed by atoms with Crippen LogP contribution < -0.4 is 10.2 Å². The summed E-state index contributed by atoms with van der Waals surface area (Å²) < 4.78 is 5.06. The standard InChI is InChI=1S/C19H21N3O5/c1-12-6-5-7-16(13(12)2)20-18(23)11-27-19(24)15-10-14(22(25)26)8-9-17(15)21(3)4/h5-10H,11H2,1-4H3,(H,20,23). The Morgan fingerprint density at radius 2 is 1.89 bits per heavy atom. The second kappa shape index (κ2) is 8.31. The highest BCUT2D eigenvalue weighted by molar-refractivity contribution is 5.99. The number of amides is 1. The van der Waals surface area contributed by atoms with E-state index in [0.29, 0.717) is 11.4 Å². The van der Waals surface area contributed by atoms with E-state index in [4.69, 9.17) is 4.74 Å². The van der Waals surface area contributed by atoms with Crippen LogP contribution in [0.3, 0.4) is 0 Å². The molecule has 2 rings (SSSR count). The first kappa shape index (κ1) is 19.9. The van der Waals surface area contributed by atoms with E-state index in [1.807, 2.05) is 26.0 Å². The van der Waals surface area contributed by atoms with E-state index in [0.717, 1.165) is 17.2 Å². The number of non-ortho nitro benzene ring substituents is 1. The molecule has 0 fully saturated rings. The van der Waals surface area contributed by atoms with Gasteiger partial charge in [-0.1, -0.05) is 12.1 Å². The van der Waals surface area contributed by atoms with E-state index < -0.39 is 23.4 Å². The van der Waals surface area contributed by atoms with Crippen molar-refractivity contribution in [3.63, 3.8) is 0 Å². The molecule has 0 radical (unpaired) electrons. The summed E-state index contributed by atoms with van der Waals surface area (Å²) in [6.07, 6.45) is 0. The quantitative estimate of drug-likeness (QED) is 0.476. The van der Waals surface area contributed by atoms with Gasteiger partial charge < -0.3 is 15.0 Å². The van der Waals surface area contributed by atoms with Gasteiger partial charge in [0.25, 0.3) is 11.6 Å². The normalized spacial score (nSPS) is 10.2. The molecule has 0 saturated heterocycles. The second-order valence-corrected chi connectivity index (χ2v) is 6.22. The summed E-state index contributed by atoms with van der Waals surface area (Å²) in [6, 6.07) is 9.41. The molecular weight excluding hydrogens is 350 g/mol. The Labute approximate surface area is 156 Å². The van der Waals surface area contributed by atoms with Gasteiger partial charge in [-0.05, 0) is 37.1 Å². The molecule has 0 aliphatic heterocycles. The average Bonchev–Trinajstić information content (AvgIpc) is 2.62. The topological polar surface area (TPSA) is 102 Å². The largest absolute Gasteiger partial charge is 0.452 e. The highest BCUT2D eigenvalue weighted by Crippen LogP contribution is 2.25. The van der Waals surface area contributed by atoms with Crippen LogP contribution in [0.25, 0.3) is 0 Å². The van der Waals surface area contributed by atoms with Gasteiger partial charge in [0.1, 0.15) is 0 Å². The Hall–Kier alpha value is -3.42. The van der Waals surface area contributed by atoms with Gasteiger partial charge in [-0.2, -0.15) is 0 Å². The van der Waals surface area contributed by atoms with E-state index in [-0.39, 0.29) is 11.3 Å². The molecule has 8 nitrogen and oxygen atoms in total. The van der Waals surface area contributed by atoms with Gasteiger partial charge in [0.15, 0.2) is 6.61 Å². The molecule has 2 aromatic rings. The van der Waals surface area contributed by atoms with Gasteiger partial charge in [0, 0.05) is 31.9 Å². The predicted molar refractivity (Wildman–Crippen MR) is 102 cm³/mol. The molecule has 1 amide bonds. The van der Waals surface area contributed by atoms with Gasteiger partial charge in [-0.25, -0.2) is 4.79 Å². The molecule has 0 aliphatic rings. The number of benzene rings is 2. The van der Waals surface area contributed by atoms with E-state index >= 15 is 0 Å². The highest BCUT2D eigenvalue weighted by Gasteiger charge is 2.20. The number of nitrogens with zero attached hydrogens (tertiary/aromatic N) is 2. The van der Waals surface area contributed by atoms with Crippen molar-refractivity contribution in [2.45, 2.75) is 13.8 Å². The van der Waals surface area contributed by atoms with Crippen LogP contribution in [0.4, 0.5) is 17.1 Å². The molecule has 0 aromatic heterocycles. The maximum atomic E-state index is 12.4. The van der Waals surface area contributed by atoms with Crippen LogP contribution in [-0.4, -0.2) is 37.5 Å². The Balaban J connectivity index is 2.10. The number of carbonyl (C=O) groups is 2. The van der Waals surface area contributed by atoms with E-state index in [9.17, 15) is 19.7 Å². The average molecular weight is 371 g/mol.